The van der Waals surface area contributed by atoms with Crippen LogP contribution in [0.1, 0.15) is 5.56 Å². The maximum atomic E-state index is 12.3. The Bertz CT molecular complexity index is 753. The summed E-state index contributed by atoms with van der Waals surface area (Å²) in [4.78, 5) is 47.4. The van der Waals surface area contributed by atoms with Crippen molar-refractivity contribution in [3.05, 3.63) is 48.1 Å². The summed E-state index contributed by atoms with van der Waals surface area (Å²) in [5, 5.41) is 10.7. The minimum atomic E-state index is -1.16. The molecule has 0 radical (unpaired) electrons. The highest BCUT2D eigenvalue weighted by molar-refractivity contribution is 6.31. The Morgan fingerprint density at radius 2 is 2.00 bits per heavy atom. The van der Waals surface area contributed by atoms with Gasteiger partial charge in [0, 0.05) is 12.1 Å². The zero-order valence-electron chi connectivity index (χ0n) is 12.5. The fourth-order valence-electron chi connectivity index (χ4n) is 2.02. The first-order chi connectivity index (χ1) is 11.4. The number of benzene rings is 1. The summed E-state index contributed by atoms with van der Waals surface area (Å²) in [6.45, 7) is 2.84. The summed E-state index contributed by atoms with van der Waals surface area (Å²) in [5.74, 6) is -2.57. The van der Waals surface area contributed by atoms with Crippen LogP contribution in [0.3, 0.4) is 0 Å². The molecule has 0 aliphatic carbocycles. The summed E-state index contributed by atoms with van der Waals surface area (Å²) in [6.07, 6.45) is 2.60. The van der Waals surface area contributed by atoms with Crippen LogP contribution in [-0.4, -0.2) is 47.0 Å². The summed E-state index contributed by atoms with van der Waals surface area (Å²) < 4.78 is 5.12. The maximum Gasteiger partial charge on any atom is 0.341 e. The topological polar surface area (TPSA) is 113 Å². The van der Waals surface area contributed by atoms with Gasteiger partial charge >= 0.3 is 12.0 Å². The first-order valence-electron chi connectivity index (χ1n) is 6.87. The molecular formula is C16H14N2O6. The highest BCUT2D eigenvalue weighted by atomic mass is 16.5. The lowest BCUT2D eigenvalue weighted by molar-refractivity contribution is -0.139. The number of urea groups is 1. The molecule has 1 aliphatic rings. The molecule has 4 amide bonds. The van der Waals surface area contributed by atoms with Gasteiger partial charge in [-0.2, -0.15) is 0 Å². The van der Waals surface area contributed by atoms with Crippen molar-refractivity contribution in [2.45, 2.75) is 0 Å². The lowest BCUT2D eigenvalue weighted by atomic mass is 10.1. The zero-order valence-corrected chi connectivity index (χ0v) is 12.5. The molecular weight excluding hydrogens is 316 g/mol. The normalized spacial score (nSPS) is 16.1. The number of imide groups is 2. The summed E-state index contributed by atoms with van der Waals surface area (Å²) in [7, 11) is 0. The fraction of sp³-hybridized carbons (Fsp3) is 0.125. The second-order valence-electron chi connectivity index (χ2n) is 4.74. The molecule has 8 nitrogen and oxygen atoms in total. The smallest absolute Gasteiger partial charge is 0.341 e. The third kappa shape index (κ3) is 3.67. The van der Waals surface area contributed by atoms with Crippen molar-refractivity contribution >= 4 is 29.9 Å². The Morgan fingerprint density at radius 1 is 1.29 bits per heavy atom. The van der Waals surface area contributed by atoms with Crippen LogP contribution in [0.2, 0.25) is 0 Å². The third-order valence-corrected chi connectivity index (χ3v) is 3.07. The molecule has 0 unspecified atom stereocenters. The van der Waals surface area contributed by atoms with Crippen LogP contribution in [0, 0.1) is 0 Å². The number of hydrogen-bond acceptors (Lipinski definition) is 5. The zero-order chi connectivity index (χ0) is 17.7. The van der Waals surface area contributed by atoms with Crippen LogP contribution in [0.25, 0.3) is 6.08 Å². The Kier molecular flexibility index (Phi) is 5.10. The number of aliphatic carboxylic acids is 1. The van der Waals surface area contributed by atoms with Gasteiger partial charge in [0.15, 0.2) is 6.61 Å². The van der Waals surface area contributed by atoms with Crippen LogP contribution < -0.4 is 10.1 Å². The fourth-order valence-corrected chi connectivity index (χ4v) is 2.02. The molecule has 1 aliphatic heterocycles. The Hall–Kier alpha value is -3.42. The van der Waals surface area contributed by atoms with Crippen molar-refractivity contribution in [1.29, 1.82) is 0 Å². The van der Waals surface area contributed by atoms with Gasteiger partial charge in [0.2, 0.25) is 0 Å². The van der Waals surface area contributed by atoms with E-state index in [1.807, 2.05) is 0 Å². The predicted octanol–water partition coefficient (Wildman–Crippen LogP) is 0.798. The largest absolute Gasteiger partial charge is 0.481 e. The highest BCUT2D eigenvalue weighted by Gasteiger charge is 2.35. The van der Waals surface area contributed by atoms with Gasteiger partial charge in [-0.05, 0) is 12.1 Å². The molecule has 0 bridgehead atoms. The number of nitrogens with one attached hydrogen (secondary N) is 1. The van der Waals surface area contributed by atoms with E-state index in [2.05, 4.69) is 11.9 Å². The van der Waals surface area contributed by atoms with E-state index in [4.69, 9.17) is 9.84 Å². The lowest BCUT2D eigenvalue weighted by Crippen LogP contribution is -2.54. The van der Waals surface area contributed by atoms with E-state index in [1.165, 1.54) is 18.2 Å². The van der Waals surface area contributed by atoms with Gasteiger partial charge in [0.05, 0.1) is 0 Å². The average molecular weight is 330 g/mol. The molecule has 1 heterocycles. The molecule has 1 fully saturated rings. The van der Waals surface area contributed by atoms with Gasteiger partial charge in [-0.15, -0.1) is 6.58 Å². The van der Waals surface area contributed by atoms with E-state index in [9.17, 15) is 19.2 Å². The van der Waals surface area contributed by atoms with Crippen LogP contribution in [0.15, 0.2) is 42.5 Å². The molecule has 24 heavy (non-hydrogen) atoms. The van der Waals surface area contributed by atoms with Crippen molar-refractivity contribution in [2.24, 2.45) is 0 Å². The number of rotatable bonds is 6. The number of carboxylic acid groups (broad SMARTS) is 1. The first kappa shape index (κ1) is 16.9. The number of hydrogen-bond donors (Lipinski definition) is 2. The molecule has 0 atom stereocenters. The van der Waals surface area contributed by atoms with E-state index in [0.29, 0.717) is 5.56 Å². The van der Waals surface area contributed by atoms with Crippen molar-refractivity contribution in [2.75, 3.05) is 13.2 Å². The number of para-hydroxylation sites is 1. The van der Waals surface area contributed by atoms with Crippen molar-refractivity contribution in [3.8, 4) is 5.75 Å². The summed E-state index contributed by atoms with van der Waals surface area (Å²) in [6, 6.07) is 5.50. The number of nitrogens with zero attached hydrogens (tertiary/aromatic N) is 1. The van der Waals surface area contributed by atoms with Crippen LogP contribution in [-0.2, 0) is 14.4 Å². The lowest BCUT2D eigenvalue weighted by Gasteiger charge is -2.25. The Morgan fingerprint density at radius 3 is 2.67 bits per heavy atom. The molecule has 1 saturated heterocycles. The Balaban J connectivity index is 2.37. The average Bonchev–Trinajstić information content (AvgIpc) is 2.54. The van der Waals surface area contributed by atoms with E-state index < -0.39 is 30.4 Å². The molecule has 2 N–H and O–H groups in total. The Labute approximate surface area is 137 Å². The first-order valence-corrected chi connectivity index (χ1v) is 6.87. The number of carbonyl (C=O) groups excluding carboxylic acids is 3. The van der Waals surface area contributed by atoms with Crippen LogP contribution in [0.5, 0.6) is 5.75 Å². The van der Waals surface area contributed by atoms with E-state index in [1.54, 1.807) is 18.2 Å². The van der Waals surface area contributed by atoms with E-state index >= 15 is 0 Å². The molecule has 8 heteroatoms. The number of carboxylic acids is 1. The summed E-state index contributed by atoms with van der Waals surface area (Å²) >= 11 is 0. The van der Waals surface area contributed by atoms with Gasteiger partial charge in [0.1, 0.15) is 11.3 Å². The number of carbonyl (C=O) groups is 4. The standard InChI is InChI=1S/C16H14N2O6/c1-2-7-18-15(22)11(14(21)17-16(18)23)8-10-5-3-4-6-12(10)24-9-13(19)20/h2-6,8H,1,7,9H2,(H,19,20)(H,17,21,23)/b11-8-. The molecule has 2 rings (SSSR count). The van der Waals surface area contributed by atoms with E-state index in [-0.39, 0.29) is 17.9 Å². The SMILES string of the molecule is C=CCN1C(=O)NC(=O)/C(=C/c2ccccc2OCC(=O)O)C1=O. The minimum absolute atomic E-state index is 0.0492. The molecule has 124 valence electrons. The number of amides is 4. The second-order valence-corrected chi connectivity index (χ2v) is 4.74. The van der Waals surface area contributed by atoms with Crippen LogP contribution in [0.4, 0.5) is 4.79 Å². The monoisotopic (exact) mass is 330 g/mol. The molecule has 0 saturated carbocycles. The minimum Gasteiger partial charge on any atom is -0.481 e. The van der Waals surface area contributed by atoms with Gasteiger partial charge in [-0.3, -0.25) is 19.8 Å². The van der Waals surface area contributed by atoms with Gasteiger partial charge in [-0.1, -0.05) is 24.3 Å². The number of ether oxygens (including phenoxy) is 1. The highest BCUT2D eigenvalue weighted by Crippen LogP contribution is 2.23. The molecule has 1 aromatic carbocycles. The van der Waals surface area contributed by atoms with Crippen molar-refractivity contribution in [3.63, 3.8) is 0 Å². The molecule has 1 aromatic rings. The van der Waals surface area contributed by atoms with Crippen molar-refractivity contribution in [1.82, 2.24) is 10.2 Å². The number of barbiturate groups is 1. The third-order valence-electron chi connectivity index (χ3n) is 3.07. The predicted molar refractivity (Wildman–Crippen MR) is 83.0 cm³/mol. The molecule has 0 spiro atoms. The van der Waals surface area contributed by atoms with E-state index in [0.717, 1.165) is 4.90 Å². The molecule has 0 aromatic heterocycles. The van der Waals surface area contributed by atoms with Crippen LogP contribution >= 0.6 is 0 Å². The van der Waals surface area contributed by atoms with Gasteiger partial charge in [-0.25, -0.2) is 9.59 Å². The summed E-state index contributed by atoms with van der Waals surface area (Å²) in [5.41, 5.74) is 0.0768. The maximum absolute atomic E-state index is 12.3. The van der Waals surface area contributed by atoms with Gasteiger partial charge in [0.25, 0.3) is 11.8 Å². The quantitative estimate of drug-likeness (QED) is 0.453. The second kappa shape index (κ2) is 7.23. The van der Waals surface area contributed by atoms with Gasteiger partial charge < -0.3 is 9.84 Å². The van der Waals surface area contributed by atoms with Crippen molar-refractivity contribution < 1.29 is 29.0 Å².